The van der Waals surface area contributed by atoms with E-state index in [1.807, 2.05) is 18.2 Å². The second-order valence-corrected chi connectivity index (χ2v) is 11.0. The molecule has 6 aromatic carbocycles. The highest BCUT2D eigenvalue weighted by atomic mass is 15.1. The van der Waals surface area contributed by atoms with Gasteiger partial charge in [0.15, 0.2) is 5.82 Å². The summed E-state index contributed by atoms with van der Waals surface area (Å²) in [5.41, 5.74) is 7.98. The van der Waals surface area contributed by atoms with E-state index in [1.54, 1.807) is 0 Å². The van der Waals surface area contributed by atoms with Crippen molar-refractivity contribution >= 4 is 70.8 Å². The molecule has 0 N–H and O–H groups in total. The highest BCUT2D eigenvalue weighted by Crippen LogP contribution is 2.46. The van der Waals surface area contributed by atoms with E-state index in [4.69, 9.17) is 9.97 Å². The fourth-order valence-corrected chi connectivity index (χ4v) is 7.14. The topological polar surface area (TPSA) is 35.1 Å². The van der Waals surface area contributed by atoms with Crippen LogP contribution in [0.1, 0.15) is 0 Å². The van der Waals surface area contributed by atoms with Gasteiger partial charge < -0.3 is 4.40 Å². The number of rotatable bonds is 2. The van der Waals surface area contributed by atoms with Gasteiger partial charge in [0, 0.05) is 43.3 Å². The first-order chi connectivity index (χ1) is 20.9. The third kappa shape index (κ3) is 2.71. The molecule has 0 saturated carbocycles. The van der Waals surface area contributed by atoms with Crippen molar-refractivity contribution < 1.29 is 0 Å². The largest absolute Gasteiger partial charge is 0.308 e. The van der Waals surface area contributed by atoms with E-state index in [1.165, 1.54) is 48.9 Å². The van der Waals surface area contributed by atoms with Gasteiger partial charge in [-0.15, -0.1) is 0 Å². The van der Waals surface area contributed by atoms with E-state index < -0.39 is 0 Å². The molecular weight excluding hydrogens is 512 g/mol. The number of hydrogen-bond donors (Lipinski definition) is 0. The maximum Gasteiger partial charge on any atom is 0.162 e. The van der Waals surface area contributed by atoms with Crippen LogP contribution in [0.3, 0.4) is 0 Å². The second-order valence-electron chi connectivity index (χ2n) is 11.0. The van der Waals surface area contributed by atoms with Crippen molar-refractivity contribution in [1.82, 2.24) is 18.9 Å². The zero-order chi connectivity index (χ0) is 27.4. The van der Waals surface area contributed by atoms with Crippen molar-refractivity contribution in [2.75, 3.05) is 0 Å². The molecule has 4 heterocycles. The number of fused-ring (bicyclic) bond motifs is 11. The molecular formula is C38H22N4. The molecule has 0 radical (unpaired) electrons. The molecule has 0 aliphatic carbocycles. The summed E-state index contributed by atoms with van der Waals surface area (Å²) in [5.74, 6) is 1.62. The van der Waals surface area contributed by atoms with Crippen LogP contribution in [0.4, 0.5) is 0 Å². The molecule has 4 aromatic heterocycles. The van der Waals surface area contributed by atoms with Gasteiger partial charge in [0.2, 0.25) is 0 Å². The average Bonchev–Trinajstić information content (AvgIpc) is 3.69. The number of para-hydroxylation sites is 4. The van der Waals surface area contributed by atoms with Crippen LogP contribution in [-0.4, -0.2) is 18.9 Å². The fourth-order valence-electron chi connectivity index (χ4n) is 7.14. The van der Waals surface area contributed by atoms with Gasteiger partial charge in [-0.2, -0.15) is 0 Å². The van der Waals surface area contributed by atoms with Gasteiger partial charge in [0.1, 0.15) is 5.82 Å². The van der Waals surface area contributed by atoms with Crippen molar-refractivity contribution in [3.63, 3.8) is 0 Å². The van der Waals surface area contributed by atoms with Crippen molar-refractivity contribution in [3.05, 3.63) is 133 Å². The molecule has 42 heavy (non-hydrogen) atoms. The molecule has 0 aliphatic heterocycles. The SMILES string of the molecule is c1ccc(-c2nc(-n3c4ccccc4c4c5c6ccccc6n6c7ccccc7c(cc43)c56)c3ccccc3n2)cc1. The third-order valence-corrected chi connectivity index (χ3v) is 8.83. The zero-order valence-corrected chi connectivity index (χ0v) is 22.5. The van der Waals surface area contributed by atoms with Crippen molar-refractivity contribution in [3.8, 4) is 17.2 Å². The van der Waals surface area contributed by atoms with Crippen molar-refractivity contribution in [2.45, 2.75) is 0 Å². The van der Waals surface area contributed by atoms with Gasteiger partial charge in [-0.25, -0.2) is 9.97 Å². The minimum Gasteiger partial charge on any atom is -0.308 e. The lowest BCUT2D eigenvalue weighted by molar-refractivity contribution is 1.08. The van der Waals surface area contributed by atoms with E-state index >= 15 is 0 Å². The summed E-state index contributed by atoms with van der Waals surface area (Å²) in [7, 11) is 0. The molecule has 4 heteroatoms. The number of aromatic nitrogens is 4. The third-order valence-electron chi connectivity index (χ3n) is 8.83. The summed E-state index contributed by atoms with van der Waals surface area (Å²) in [6.45, 7) is 0. The summed E-state index contributed by atoms with van der Waals surface area (Å²) < 4.78 is 4.82. The van der Waals surface area contributed by atoms with Crippen LogP contribution < -0.4 is 0 Å². The highest BCUT2D eigenvalue weighted by Gasteiger charge is 2.25. The quantitative estimate of drug-likeness (QED) is 0.221. The Morgan fingerprint density at radius 1 is 0.429 bits per heavy atom. The molecule has 4 nitrogen and oxygen atoms in total. The molecule has 194 valence electrons. The number of nitrogens with zero attached hydrogens (tertiary/aromatic N) is 4. The Morgan fingerprint density at radius 3 is 1.81 bits per heavy atom. The van der Waals surface area contributed by atoms with Crippen molar-refractivity contribution in [1.29, 1.82) is 0 Å². The first kappa shape index (κ1) is 22.0. The Kier molecular flexibility index (Phi) is 4.15. The normalized spacial score (nSPS) is 12.3. The summed E-state index contributed by atoms with van der Waals surface area (Å²) in [4.78, 5) is 10.3. The van der Waals surface area contributed by atoms with Gasteiger partial charge in [-0.3, -0.25) is 4.57 Å². The van der Waals surface area contributed by atoms with Crippen molar-refractivity contribution in [2.24, 2.45) is 0 Å². The summed E-state index contributed by atoms with van der Waals surface area (Å²) >= 11 is 0. The lowest BCUT2D eigenvalue weighted by atomic mass is 10.0. The standard InChI is InChI=1S/C38H22N4/c1-2-12-23(13-3-1)37-39-29-18-8-4-15-25(29)38(40-37)42-32-21-11-6-16-26(32)34-33(42)22-28-24-14-5-9-19-30(24)41-31-20-10-7-17-27(31)35(34)36(28)41/h1-22H. The Morgan fingerprint density at radius 2 is 1.02 bits per heavy atom. The average molecular weight is 535 g/mol. The van der Waals surface area contributed by atoms with E-state index in [9.17, 15) is 0 Å². The molecule has 0 bridgehead atoms. The first-order valence-corrected chi connectivity index (χ1v) is 14.3. The van der Waals surface area contributed by atoms with Crippen LogP contribution in [0.2, 0.25) is 0 Å². The monoisotopic (exact) mass is 534 g/mol. The van der Waals surface area contributed by atoms with E-state index in [-0.39, 0.29) is 0 Å². The maximum absolute atomic E-state index is 5.30. The molecule has 10 aromatic rings. The highest BCUT2D eigenvalue weighted by molar-refractivity contribution is 6.35. The summed E-state index contributed by atoms with van der Waals surface area (Å²) in [6.07, 6.45) is 0. The minimum absolute atomic E-state index is 0.725. The summed E-state index contributed by atoms with van der Waals surface area (Å²) in [6, 6.07) is 47.3. The number of benzene rings is 6. The Hall–Kier alpha value is -5.74. The molecule has 0 aliphatic rings. The van der Waals surface area contributed by atoms with Crippen LogP contribution in [0.25, 0.3) is 88.0 Å². The molecule has 0 unspecified atom stereocenters. The van der Waals surface area contributed by atoms with Crippen LogP contribution in [0, 0.1) is 0 Å². The lowest BCUT2D eigenvalue weighted by Crippen LogP contribution is -2.02. The second kappa shape index (κ2) is 7.93. The maximum atomic E-state index is 5.30. The predicted octanol–water partition coefficient (Wildman–Crippen LogP) is 9.54. The van der Waals surface area contributed by atoms with E-state index in [0.29, 0.717) is 0 Å². The smallest absolute Gasteiger partial charge is 0.162 e. The molecule has 0 saturated heterocycles. The molecule has 0 fully saturated rings. The zero-order valence-electron chi connectivity index (χ0n) is 22.5. The Balaban J connectivity index is 1.48. The van der Waals surface area contributed by atoms with Crippen LogP contribution in [0.5, 0.6) is 0 Å². The van der Waals surface area contributed by atoms with Gasteiger partial charge in [-0.05, 0) is 36.4 Å². The molecule has 10 rings (SSSR count). The van der Waals surface area contributed by atoms with Crippen LogP contribution in [-0.2, 0) is 0 Å². The summed E-state index contributed by atoms with van der Waals surface area (Å²) in [5, 5.41) is 8.60. The fraction of sp³-hybridized carbons (Fsp3) is 0. The van der Waals surface area contributed by atoms with Crippen LogP contribution in [0.15, 0.2) is 133 Å². The first-order valence-electron chi connectivity index (χ1n) is 14.3. The van der Waals surface area contributed by atoms with Gasteiger partial charge in [0.25, 0.3) is 0 Å². The molecule has 0 atom stereocenters. The Labute approximate surface area is 240 Å². The predicted molar refractivity (Wildman–Crippen MR) is 174 cm³/mol. The van der Waals surface area contributed by atoms with Gasteiger partial charge >= 0.3 is 0 Å². The minimum atomic E-state index is 0.725. The molecule has 0 amide bonds. The molecule has 0 spiro atoms. The van der Waals surface area contributed by atoms with E-state index in [2.05, 4.69) is 124 Å². The lowest BCUT2D eigenvalue weighted by Gasteiger charge is -2.12. The van der Waals surface area contributed by atoms with E-state index in [0.717, 1.165) is 39.1 Å². The van der Waals surface area contributed by atoms with Crippen LogP contribution >= 0.6 is 0 Å². The van der Waals surface area contributed by atoms with Gasteiger partial charge in [-0.1, -0.05) is 97.1 Å². The van der Waals surface area contributed by atoms with Gasteiger partial charge in [0.05, 0.1) is 33.1 Å². The Bertz CT molecular complexity index is 2680. The number of hydrogen-bond acceptors (Lipinski definition) is 2.